The highest BCUT2D eigenvalue weighted by Crippen LogP contribution is 2.15. The molecule has 4 N–H and O–H groups in total. The lowest BCUT2D eigenvalue weighted by atomic mass is 10.0. The Morgan fingerprint density at radius 1 is 0.533 bits per heavy atom. The molecule has 0 aromatic heterocycles. The van der Waals surface area contributed by atoms with E-state index < -0.39 is 24.2 Å². The van der Waals surface area contributed by atoms with Crippen LogP contribution in [0.1, 0.15) is 200 Å². The molecular weight excluding hydrogens is 558 g/mol. The van der Waals surface area contributed by atoms with E-state index in [0.717, 1.165) is 32.1 Å². The second kappa shape index (κ2) is 35.7. The fourth-order valence-corrected chi connectivity index (χ4v) is 5.95. The fraction of sp³-hybridized carbons (Fsp3) is 0.875. The van der Waals surface area contributed by atoms with Gasteiger partial charge in [0.2, 0.25) is 5.91 Å². The van der Waals surface area contributed by atoms with Crippen molar-refractivity contribution in [2.75, 3.05) is 6.61 Å². The molecule has 3 atom stereocenters. The number of aliphatic hydroxyl groups excluding tert-OH is 3. The number of aliphatic hydroxyl groups is 3. The lowest BCUT2D eigenvalue weighted by Gasteiger charge is -2.23. The van der Waals surface area contributed by atoms with Gasteiger partial charge in [0.15, 0.2) is 0 Å². The van der Waals surface area contributed by atoms with Crippen LogP contribution in [0.25, 0.3) is 0 Å². The summed E-state index contributed by atoms with van der Waals surface area (Å²) in [5.74, 6) is -0.476. The van der Waals surface area contributed by atoms with Crippen molar-refractivity contribution >= 4 is 5.91 Å². The van der Waals surface area contributed by atoms with Gasteiger partial charge in [0.25, 0.3) is 0 Å². The summed E-state index contributed by atoms with van der Waals surface area (Å²) in [6.07, 6.45) is 41.6. The number of allylic oxidation sites excluding steroid dienone is 4. The Bertz CT molecular complexity index is 665. The smallest absolute Gasteiger partial charge is 0.249 e. The Balaban J connectivity index is 3.67. The van der Waals surface area contributed by atoms with E-state index in [1.165, 1.54) is 141 Å². The summed E-state index contributed by atoms with van der Waals surface area (Å²) in [4.78, 5) is 12.4. The molecule has 0 fully saturated rings. The highest BCUT2D eigenvalue weighted by molar-refractivity contribution is 5.80. The topological polar surface area (TPSA) is 89.8 Å². The van der Waals surface area contributed by atoms with Crippen molar-refractivity contribution in [3.05, 3.63) is 24.3 Å². The van der Waals surface area contributed by atoms with Gasteiger partial charge in [-0.05, 0) is 38.5 Å². The molecule has 45 heavy (non-hydrogen) atoms. The molecule has 0 saturated heterocycles. The van der Waals surface area contributed by atoms with E-state index in [1.807, 2.05) is 0 Å². The summed E-state index contributed by atoms with van der Waals surface area (Å²) in [5.41, 5.74) is 0. The molecule has 5 heteroatoms. The van der Waals surface area contributed by atoms with E-state index in [-0.39, 0.29) is 6.61 Å². The molecule has 0 bridgehead atoms. The second-order valence-corrected chi connectivity index (χ2v) is 13.5. The lowest BCUT2D eigenvalue weighted by Crippen LogP contribution is -2.49. The van der Waals surface area contributed by atoms with Gasteiger partial charge >= 0.3 is 0 Å². The largest absolute Gasteiger partial charge is 0.394 e. The van der Waals surface area contributed by atoms with Crippen LogP contribution in [0.3, 0.4) is 0 Å². The molecule has 5 nitrogen and oxygen atoms in total. The van der Waals surface area contributed by atoms with Crippen molar-refractivity contribution in [2.45, 2.75) is 218 Å². The highest BCUT2D eigenvalue weighted by Gasteiger charge is 2.23. The fourth-order valence-electron chi connectivity index (χ4n) is 5.95. The Morgan fingerprint density at radius 3 is 1.33 bits per heavy atom. The first-order valence-corrected chi connectivity index (χ1v) is 19.7. The van der Waals surface area contributed by atoms with E-state index in [1.54, 1.807) is 0 Å². The van der Waals surface area contributed by atoms with Gasteiger partial charge in [0.1, 0.15) is 6.10 Å². The average molecular weight is 636 g/mol. The predicted molar refractivity (Wildman–Crippen MR) is 195 cm³/mol. The van der Waals surface area contributed by atoms with E-state index in [0.29, 0.717) is 12.8 Å². The summed E-state index contributed by atoms with van der Waals surface area (Å²) >= 11 is 0. The van der Waals surface area contributed by atoms with Crippen LogP contribution < -0.4 is 5.32 Å². The molecule has 0 aliphatic rings. The first-order chi connectivity index (χ1) is 22.1. The highest BCUT2D eigenvalue weighted by atomic mass is 16.3. The Morgan fingerprint density at radius 2 is 0.889 bits per heavy atom. The summed E-state index contributed by atoms with van der Waals surface area (Å²) in [5, 5.41) is 33.2. The van der Waals surface area contributed by atoms with E-state index >= 15 is 0 Å². The average Bonchev–Trinajstić information content (AvgIpc) is 3.04. The van der Waals surface area contributed by atoms with Crippen LogP contribution in [0, 0.1) is 0 Å². The Labute approximate surface area is 280 Å². The molecule has 0 heterocycles. The zero-order valence-electron chi connectivity index (χ0n) is 30.0. The van der Waals surface area contributed by atoms with Crippen LogP contribution in [-0.2, 0) is 4.79 Å². The minimum absolute atomic E-state index is 0.314. The standard InChI is InChI=1S/C40H77NO4/c1-3-5-7-9-11-13-15-17-18-19-20-21-23-25-27-29-31-33-35-39(44)40(45)41-37(36-42)38(43)34-32-30-28-26-24-22-16-14-12-10-8-6-4-2/h11,13,15,17,37-39,42-44H,3-10,12,14,16,18-36H2,1-2H3,(H,41,45)/b13-11-,17-15-. The number of unbranched alkanes of at least 4 members (excludes halogenated alkanes) is 24. The third-order valence-corrected chi connectivity index (χ3v) is 9.10. The summed E-state index contributed by atoms with van der Waals surface area (Å²) in [6.45, 7) is 4.19. The number of rotatable bonds is 35. The molecule has 0 aromatic carbocycles. The van der Waals surface area contributed by atoms with E-state index in [4.69, 9.17) is 0 Å². The van der Waals surface area contributed by atoms with Gasteiger partial charge in [0.05, 0.1) is 18.8 Å². The molecule has 0 radical (unpaired) electrons. The Kier molecular flexibility index (Phi) is 34.8. The maximum atomic E-state index is 12.4. The van der Waals surface area contributed by atoms with Crippen molar-refractivity contribution in [1.29, 1.82) is 0 Å². The maximum absolute atomic E-state index is 12.4. The van der Waals surface area contributed by atoms with Crippen molar-refractivity contribution < 1.29 is 20.1 Å². The first-order valence-electron chi connectivity index (χ1n) is 19.7. The molecule has 0 saturated carbocycles. The number of amides is 1. The van der Waals surface area contributed by atoms with Gasteiger partial charge in [0, 0.05) is 0 Å². The molecule has 266 valence electrons. The summed E-state index contributed by atoms with van der Waals surface area (Å²) < 4.78 is 0. The van der Waals surface area contributed by atoms with Crippen molar-refractivity contribution in [2.24, 2.45) is 0 Å². The number of hydrogen-bond acceptors (Lipinski definition) is 4. The third-order valence-electron chi connectivity index (χ3n) is 9.10. The zero-order chi connectivity index (χ0) is 33.1. The molecule has 0 spiro atoms. The van der Waals surface area contributed by atoms with Gasteiger partial charge < -0.3 is 20.6 Å². The molecule has 0 rings (SSSR count). The normalized spacial score (nSPS) is 14.0. The van der Waals surface area contributed by atoms with Gasteiger partial charge in [-0.25, -0.2) is 0 Å². The number of carbonyl (C=O) groups excluding carboxylic acids is 1. The van der Waals surface area contributed by atoms with E-state index in [2.05, 4.69) is 43.5 Å². The molecule has 1 amide bonds. The van der Waals surface area contributed by atoms with Gasteiger partial charge in [-0.3, -0.25) is 4.79 Å². The van der Waals surface area contributed by atoms with Crippen molar-refractivity contribution in [3.8, 4) is 0 Å². The predicted octanol–water partition coefficient (Wildman–Crippen LogP) is 10.7. The van der Waals surface area contributed by atoms with Crippen LogP contribution in [0.4, 0.5) is 0 Å². The van der Waals surface area contributed by atoms with Gasteiger partial charge in [-0.1, -0.05) is 186 Å². The monoisotopic (exact) mass is 636 g/mol. The van der Waals surface area contributed by atoms with Crippen LogP contribution in [-0.4, -0.2) is 46.1 Å². The van der Waals surface area contributed by atoms with Crippen LogP contribution in [0.2, 0.25) is 0 Å². The van der Waals surface area contributed by atoms with Gasteiger partial charge in [-0.2, -0.15) is 0 Å². The summed E-state index contributed by atoms with van der Waals surface area (Å²) in [7, 11) is 0. The lowest BCUT2D eigenvalue weighted by molar-refractivity contribution is -0.131. The molecule has 0 aliphatic carbocycles. The summed E-state index contributed by atoms with van der Waals surface area (Å²) in [6, 6.07) is -0.711. The zero-order valence-corrected chi connectivity index (χ0v) is 30.0. The second-order valence-electron chi connectivity index (χ2n) is 13.5. The Hall–Kier alpha value is -1.17. The number of nitrogens with one attached hydrogen (secondary N) is 1. The quantitative estimate of drug-likeness (QED) is 0.0412. The first kappa shape index (κ1) is 43.8. The SMILES string of the molecule is CCCCC/C=C\C=C/CCCCCCCCCCCC(O)C(=O)NC(CO)C(O)CCCCCCCCCCCCCCC. The van der Waals surface area contributed by atoms with Crippen LogP contribution >= 0.6 is 0 Å². The molecule has 0 aliphatic heterocycles. The minimum atomic E-state index is -1.08. The number of carbonyl (C=O) groups is 1. The molecule has 0 aromatic rings. The van der Waals surface area contributed by atoms with Crippen molar-refractivity contribution in [3.63, 3.8) is 0 Å². The van der Waals surface area contributed by atoms with Gasteiger partial charge in [-0.15, -0.1) is 0 Å². The third kappa shape index (κ3) is 31.2. The van der Waals surface area contributed by atoms with Crippen LogP contribution in [0.5, 0.6) is 0 Å². The molecular formula is C40H77NO4. The van der Waals surface area contributed by atoms with E-state index in [9.17, 15) is 20.1 Å². The van der Waals surface area contributed by atoms with Crippen LogP contribution in [0.15, 0.2) is 24.3 Å². The minimum Gasteiger partial charge on any atom is -0.394 e. The van der Waals surface area contributed by atoms with Crippen molar-refractivity contribution in [1.82, 2.24) is 5.32 Å². The number of hydrogen-bond donors (Lipinski definition) is 4. The maximum Gasteiger partial charge on any atom is 0.249 e. The molecule has 3 unspecified atom stereocenters.